The van der Waals surface area contributed by atoms with Crippen molar-refractivity contribution in [3.8, 4) is 17.2 Å². The number of likely N-dealkylation sites (tertiary alicyclic amines) is 1. The number of nitrogens with zero attached hydrogens (tertiary/aromatic N) is 2. The molecule has 1 saturated carbocycles. The van der Waals surface area contributed by atoms with Gasteiger partial charge in [-0.1, -0.05) is 48.9 Å². The molecule has 4 amide bonds. The van der Waals surface area contributed by atoms with Gasteiger partial charge < -0.3 is 14.6 Å². The molecule has 0 radical (unpaired) electrons. The number of methoxy groups -OCH3 is 2. The lowest BCUT2D eigenvalue weighted by atomic mass is 9.52. The van der Waals surface area contributed by atoms with Crippen molar-refractivity contribution in [1.82, 2.24) is 4.90 Å². The van der Waals surface area contributed by atoms with E-state index < -0.39 is 29.1 Å². The van der Waals surface area contributed by atoms with Gasteiger partial charge in [-0.05, 0) is 61.9 Å². The first kappa shape index (κ1) is 28.7. The topological polar surface area (TPSA) is 113 Å². The number of phenolic OH excluding ortho intramolecular Hbond substituents is 1. The molecule has 2 aliphatic heterocycles. The molecule has 9 heteroatoms. The first-order valence-corrected chi connectivity index (χ1v) is 14.8. The van der Waals surface area contributed by atoms with Gasteiger partial charge in [-0.2, -0.15) is 0 Å². The second-order valence-electron chi connectivity index (χ2n) is 12.0. The Bertz CT molecular complexity index is 1540. The molecular weight excluding hydrogens is 548 g/mol. The number of benzene rings is 2. The van der Waals surface area contributed by atoms with Crippen LogP contribution in [0.1, 0.15) is 38.7 Å². The second-order valence-corrected chi connectivity index (χ2v) is 12.0. The van der Waals surface area contributed by atoms with E-state index in [0.717, 1.165) is 5.57 Å². The van der Waals surface area contributed by atoms with E-state index in [-0.39, 0.29) is 46.8 Å². The summed E-state index contributed by atoms with van der Waals surface area (Å²) in [6.07, 6.45) is 7.19. The molecule has 2 saturated heterocycles. The fraction of sp³-hybridized carbons (Fsp3) is 0.412. The minimum Gasteiger partial charge on any atom is -0.502 e. The lowest BCUT2D eigenvalue weighted by Gasteiger charge is -2.47. The second kappa shape index (κ2) is 10.7. The maximum atomic E-state index is 14.3. The van der Waals surface area contributed by atoms with E-state index in [1.807, 2.05) is 38.1 Å². The maximum absolute atomic E-state index is 14.3. The Hall–Kier alpha value is -4.40. The summed E-state index contributed by atoms with van der Waals surface area (Å²) in [5, 5.41) is 10.4. The molecule has 2 aromatic rings. The third kappa shape index (κ3) is 4.19. The van der Waals surface area contributed by atoms with E-state index in [2.05, 4.69) is 0 Å². The van der Waals surface area contributed by atoms with Crippen LogP contribution in [-0.4, -0.2) is 54.4 Å². The molecule has 0 aromatic heterocycles. The lowest BCUT2D eigenvalue weighted by Crippen LogP contribution is -2.49. The number of fused-ring (bicyclic) bond motifs is 4. The van der Waals surface area contributed by atoms with Gasteiger partial charge in [-0.3, -0.25) is 24.1 Å². The molecule has 9 nitrogen and oxygen atoms in total. The Morgan fingerprint density at radius 1 is 0.977 bits per heavy atom. The number of aromatic hydroxyl groups is 1. The van der Waals surface area contributed by atoms with Crippen molar-refractivity contribution in [3.05, 3.63) is 65.8 Å². The van der Waals surface area contributed by atoms with Crippen LogP contribution in [-0.2, 0) is 19.2 Å². The van der Waals surface area contributed by atoms with E-state index in [9.17, 15) is 24.3 Å². The Balaban J connectivity index is 1.47. The predicted octanol–water partition coefficient (Wildman–Crippen LogP) is 4.60. The van der Waals surface area contributed by atoms with E-state index in [1.165, 1.54) is 24.0 Å². The van der Waals surface area contributed by atoms with E-state index >= 15 is 0 Å². The van der Waals surface area contributed by atoms with E-state index in [0.29, 0.717) is 37.1 Å². The Morgan fingerprint density at radius 2 is 1.65 bits per heavy atom. The highest BCUT2D eigenvalue weighted by Crippen LogP contribution is 2.61. The molecule has 4 aliphatic rings. The van der Waals surface area contributed by atoms with Gasteiger partial charge >= 0.3 is 0 Å². The Morgan fingerprint density at radius 3 is 2.28 bits per heavy atom. The van der Waals surface area contributed by atoms with Crippen molar-refractivity contribution in [2.24, 2.45) is 35.0 Å². The predicted molar refractivity (Wildman–Crippen MR) is 159 cm³/mol. The van der Waals surface area contributed by atoms with Gasteiger partial charge in [-0.25, -0.2) is 4.90 Å². The summed E-state index contributed by atoms with van der Waals surface area (Å²) >= 11 is 0. The summed E-state index contributed by atoms with van der Waals surface area (Å²) < 4.78 is 10.7. The molecule has 0 unspecified atom stereocenters. The van der Waals surface area contributed by atoms with Crippen LogP contribution in [0.5, 0.6) is 17.2 Å². The van der Waals surface area contributed by atoms with Crippen molar-refractivity contribution in [1.29, 1.82) is 0 Å². The molecule has 3 fully saturated rings. The first-order valence-electron chi connectivity index (χ1n) is 14.8. The molecule has 0 spiro atoms. The largest absolute Gasteiger partial charge is 0.502 e. The summed E-state index contributed by atoms with van der Waals surface area (Å²) in [5.74, 6) is -3.09. The highest BCUT2D eigenvalue weighted by Gasteiger charge is 2.66. The number of ether oxygens (including phenoxy) is 2. The number of hydrogen-bond donors (Lipinski definition) is 1. The van der Waals surface area contributed by atoms with Gasteiger partial charge in [0.2, 0.25) is 29.4 Å². The SMILES string of the molecule is CCCN1C(=O)[C@H]2[C@H](CC=C3[C@H]2C[C@H]2C(=O)N(c4ccccc4)C(=O)[C@@]2(C)[C@H]3C=Cc2cc(OC)c(O)c(OC)c2)C1=O. The number of anilines is 1. The summed E-state index contributed by atoms with van der Waals surface area (Å²) in [6, 6.07) is 12.3. The quantitative estimate of drug-likeness (QED) is 0.374. The van der Waals surface area contributed by atoms with E-state index in [1.54, 1.807) is 36.4 Å². The molecule has 6 atom stereocenters. The zero-order valence-electron chi connectivity index (χ0n) is 24.8. The summed E-state index contributed by atoms with van der Waals surface area (Å²) in [4.78, 5) is 58.1. The van der Waals surface area contributed by atoms with Crippen molar-refractivity contribution in [2.45, 2.75) is 33.1 Å². The number of imide groups is 2. The van der Waals surface area contributed by atoms with Crippen LogP contribution < -0.4 is 14.4 Å². The van der Waals surface area contributed by atoms with Crippen molar-refractivity contribution < 1.29 is 33.8 Å². The van der Waals surface area contributed by atoms with Crippen LogP contribution in [0.15, 0.2) is 60.2 Å². The first-order chi connectivity index (χ1) is 20.7. The van der Waals surface area contributed by atoms with Crippen LogP contribution in [0.3, 0.4) is 0 Å². The fourth-order valence-corrected chi connectivity index (χ4v) is 7.77. The van der Waals surface area contributed by atoms with Gasteiger partial charge in [0.05, 0.1) is 43.1 Å². The van der Waals surface area contributed by atoms with Crippen LogP contribution in [0.4, 0.5) is 5.69 Å². The molecule has 6 rings (SSSR count). The minimum absolute atomic E-state index is 0.121. The summed E-state index contributed by atoms with van der Waals surface area (Å²) in [7, 11) is 2.90. The fourth-order valence-electron chi connectivity index (χ4n) is 7.77. The maximum Gasteiger partial charge on any atom is 0.241 e. The molecule has 0 bridgehead atoms. The number of amides is 4. The smallest absolute Gasteiger partial charge is 0.241 e. The molecule has 2 aliphatic carbocycles. The van der Waals surface area contributed by atoms with Crippen LogP contribution in [0, 0.1) is 35.0 Å². The van der Waals surface area contributed by atoms with Gasteiger partial charge in [0, 0.05) is 12.5 Å². The number of carbonyl (C=O) groups excluding carboxylic acids is 4. The number of allylic oxidation sites excluding steroid dienone is 3. The third-order valence-electron chi connectivity index (χ3n) is 9.88. The molecule has 2 heterocycles. The third-order valence-corrected chi connectivity index (χ3v) is 9.88. The van der Waals surface area contributed by atoms with Crippen molar-refractivity contribution >= 4 is 35.4 Å². The van der Waals surface area contributed by atoms with Crippen molar-refractivity contribution in [3.63, 3.8) is 0 Å². The molecular formula is C34H36N2O7. The highest BCUT2D eigenvalue weighted by atomic mass is 16.5. The minimum atomic E-state index is -1.11. The normalized spacial score (nSPS) is 30.0. The van der Waals surface area contributed by atoms with Crippen LogP contribution in [0.25, 0.3) is 6.08 Å². The van der Waals surface area contributed by atoms with Crippen LogP contribution >= 0.6 is 0 Å². The average molecular weight is 585 g/mol. The van der Waals surface area contributed by atoms with Gasteiger partial charge in [-0.15, -0.1) is 0 Å². The van der Waals surface area contributed by atoms with Gasteiger partial charge in [0.25, 0.3) is 0 Å². The number of carbonyl (C=O) groups is 4. The lowest BCUT2D eigenvalue weighted by molar-refractivity contribution is -0.140. The van der Waals surface area contributed by atoms with E-state index in [4.69, 9.17) is 9.47 Å². The average Bonchev–Trinajstić information content (AvgIpc) is 3.37. The molecule has 1 N–H and O–H groups in total. The summed E-state index contributed by atoms with van der Waals surface area (Å²) in [5.41, 5.74) is 0.990. The van der Waals surface area contributed by atoms with Crippen LogP contribution in [0.2, 0.25) is 0 Å². The molecule has 43 heavy (non-hydrogen) atoms. The number of para-hydroxylation sites is 1. The monoisotopic (exact) mass is 584 g/mol. The number of rotatable bonds is 7. The number of phenols is 1. The van der Waals surface area contributed by atoms with Gasteiger partial charge in [0.15, 0.2) is 11.5 Å². The molecule has 224 valence electrons. The molecule has 2 aromatic carbocycles. The number of hydrogen-bond acceptors (Lipinski definition) is 7. The standard InChI is InChI=1S/C34H36N2O7/c1-5-15-35-30(38)22-13-12-21-23(28(22)32(35)40)18-25-31(39)36(20-9-7-6-8-10-20)33(41)34(25,2)24(21)14-11-19-16-26(42-3)29(37)27(17-19)43-4/h6-12,14,16-17,22-25,28,37H,5,13,15,18H2,1-4H3/t22-,23+,24-,25-,28-,34-/m0/s1. The van der Waals surface area contributed by atoms with Gasteiger partial charge in [0.1, 0.15) is 0 Å². The summed E-state index contributed by atoms with van der Waals surface area (Å²) in [6.45, 7) is 4.16. The highest BCUT2D eigenvalue weighted by molar-refractivity contribution is 6.24. The Kier molecular flexibility index (Phi) is 7.15. The Labute approximate surface area is 250 Å². The zero-order valence-corrected chi connectivity index (χ0v) is 24.8. The van der Waals surface area contributed by atoms with Crippen molar-refractivity contribution in [2.75, 3.05) is 25.7 Å². The zero-order chi connectivity index (χ0) is 30.6.